The van der Waals surface area contributed by atoms with Gasteiger partial charge in [0.05, 0.1) is 5.69 Å². The highest BCUT2D eigenvalue weighted by Gasteiger charge is 2.01. The molecule has 94 valence electrons. The van der Waals surface area contributed by atoms with Gasteiger partial charge in [-0.3, -0.25) is 4.98 Å². The van der Waals surface area contributed by atoms with Gasteiger partial charge < -0.3 is 10.2 Å². The first-order valence-electron chi connectivity index (χ1n) is 5.89. The van der Waals surface area contributed by atoms with Crippen molar-refractivity contribution < 1.29 is 0 Å². The fourth-order valence-electron chi connectivity index (χ4n) is 1.49. The molecule has 2 heterocycles. The van der Waals surface area contributed by atoms with E-state index in [1.54, 1.807) is 6.20 Å². The van der Waals surface area contributed by atoms with Crippen LogP contribution in [0.2, 0.25) is 0 Å². The second-order valence-corrected chi connectivity index (χ2v) is 4.25. The average molecular weight is 243 g/mol. The van der Waals surface area contributed by atoms with Gasteiger partial charge in [0.15, 0.2) is 0 Å². The van der Waals surface area contributed by atoms with Gasteiger partial charge in [0.25, 0.3) is 0 Å². The molecule has 5 heteroatoms. The molecule has 18 heavy (non-hydrogen) atoms. The highest BCUT2D eigenvalue weighted by atomic mass is 15.2. The molecule has 1 N–H and O–H groups in total. The van der Waals surface area contributed by atoms with Crippen LogP contribution in [0.1, 0.15) is 0 Å². The minimum Gasteiger partial charge on any atom is -0.367 e. The third-order valence-corrected chi connectivity index (χ3v) is 2.46. The van der Waals surface area contributed by atoms with Gasteiger partial charge >= 0.3 is 0 Å². The zero-order valence-corrected chi connectivity index (χ0v) is 10.7. The summed E-state index contributed by atoms with van der Waals surface area (Å²) in [5, 5.41) is 11.5. The SMILES string of the molecule is CN(C)CCNc1ccc(-c2ccccn2)nn1. The second kappa shape index (κ2) is 6.07. The third-order valence-electron chi connectivity index (χ3n) is 2.46. The quantitative estimate of drug-likeness (QED) is 0.862. The Labute approximate surface area is 107 Å². The summed E-state index contributed by atoms with van der Waals surface area (Å²) in [7, 11) is 4.08. The van der Waals surface area contributed by atoms with Crippen molar-refractivity contribution in [1.29, 1.82) is 0 Å². The van der Waals surface area contributed by atoms with Gasteiger partial charge in [-0.25, -0.2) is 0 Å². The average Bonchev–Trinajstić information content (AvgIpc) is 2.40. The summed E-state index contributed by atoms with van der Waals surface area (Å²) < 4.78 is 0. The molecule has 0 bridgehead atoms. The molecule has 0 spiro atoms. The lowest BCUT2D eigenvalue weighted by atomic mass is 10.2. The molecule has 0 aliphatic rings. The van der Waals surface area contributed by atoms with Crippen LogP contribution in [-0.4, -0.2) is 47.3 Å². The molecule has 5 nitrogen and oxygen atoms in total. The molecule has 0 saturated carbocycles. The third kappa shape index (κ3) is 3.49. The Bertz CT molecular complexity index is 467. The van der Waals surface area contributed by atoms with Crippen LogP contribution in [-0.2, 0) is 0 Å². The predicted octanol–water partition coefficient (Wildman–Crippen LogP) is 1.51. The molecule has 2 aromatic rings. The fraction of sp³-hybridized carbons (Fsp3) is 0.308. The van der Waals surface area contributed by atoms with Crippen molar-refractivity contribution in [3.8, 4) is 11.4 Å². The van der Waals surface area contributed by atoms with E-state index in [9.17, 15) is 0 Å². The van der Waals surface area contributed by atoms with Crippen molar-refractivity contribution in [3.05, 3.63) is 36.5 Å². The highest BCUT2D eigenvalue weighted by Crippen LogP contribution is 2.13. The Morgan fingerprint density at radius 3 is 2.56 bits per heavy atom. The van der Waals surface area contributed by atoms with Gasteiger partial charge in [0.1, 0.15) is 11.5 Å². The molecule has 2 rings (SSSR count). The number of likely N-dealkylation sites (N-methyl/N-ethyl adjacent to an activating group) is 1. The minimum atomic E-state index is 0.786. The fourth-order valence-corrected chi connectivity index (χ4v) is 1.49. The zero-order valence-electron chi connectivity index (χ0n) is 10.7. The van der Waals surface area contributed by atoms with E-state index in [-0.39, 0.29) is 0 Å². The van der Waals surface area contributed by atoms with Crippen molar-refractivity contribution in [2.45, 2.75) is 0 Å². The maximum atomic E-state index is 4.23. The summed E-state index contributed by atoms with van der Waals surface area (Å²) in [6.45, 7) is 1.81. The van der Waals surface area contributed by atoms with Crippen LogP contribution in [0.25, 0.3) is 11.4 Å². The standard InChI is InChI=1S/C13H17N5/c1-18(2)10-9-15-13-7-6-12(16-17-13)11-5-3-4-8-14-11/h3-8H,9-10H2,1-2H3,(H,15,17). The van der Waals surface area contributed by atoms with Crippen molar-refractivity contribution >= 4 is 5.82 Å². The first-order valence-corrected chi connectivity index (χ1v) is 5.89. The van der Waals surface area contributed by atoms with E-state index in [1.807, 2.05) is 44.4 Å². The molecular formula is C13H17N5. The summed E-state index contributed by atoms with van der Waals surface area (Å²) in [5.74, 6) is 0.788. The van der Waals surface area contributed by atoms with E-state index in [2.05, 4.69) is 25.4 Å². The molecule has 0 saturated heterocycles. The number of hydrogen-bond acceptors (Lipinski definition) is 5. The molecule has 0 amide bonds. The number of nitrogens with zero attached hydrogens (tertiary/aromatic N) is 4. The Morgan fingerprint density at radius 1 is 1.06 bits per heavy atom. The van der Waals surface area contributed by atoms with Crippen molar-refractivity contribution in [3.63, 3.8) is 0 Å². The maximum Gasteiger partial charge on any atom is 0.148 e. The molecule has 0 atom stereocenters. The second-order valence-electron chi connectivity index (χ2n) is 4.25. The Kier molecular flexibility index (Phi) is 4.20. The van der Waals surface area contributed by atoms with E-state index < -0.39 is 0 Å². The number of nitrogens with one attached hydrogen (secondary N) is 1. The van der Waals surface area contributed by atoms with Crippen LogP contribution in [0.4, 0.5) is 5.82 Å². The van der Waals surface area contributed by atoms with Crippen molar-refractivity contribution in [2.75, 3.05) is 32.5 Å². The van der Waals surface area contributed by atoms with E-state index in [0.29, 0.717) is 0 Å². The molecule has 0 aromatic carbocycles. The van der Waals surface area contributed by atoms with Gasteiger partial charge in [-0.15, -0.1) is 10.2 Å². The molecule has 0 unspecified atom stereocenters. The zero-order chi connectivity index (χ0) is 12.8. The maximum absolute atomic E-state index is 4.23. The van der Waals surface area contributed by atoms with Crippen LogP contribution in [0.15, 0.2) is 36.5 Å². The highest BCUT2D eigenvalue weighted by molar-refractivity contribution is 5.54. The van der Waals surface area contributed by atoms with Crippen LogP contribution < -0.4 is 5.32 Å². The van der Waals surface area contributed by atoms with Gasteiger partial charge in [-0.1, -0.05) is 6.07 Å². The van der Waals surface area contributed by atoms with Crippen LogP contribution in [0, 0.1) is 0 Å². The first-order chi connectivity index (χ1) is 8.75. The van der Waals surface area contributed by atoms with Crippen LogP contribution in [0.3, 0.4) is 0 Å². The number of rotatable bonds is 5. The van der Waals surface area contributed by atoms with Crippen LogP contribution >= 0.6 is 0 Å². The topological polar surface area (TPSA) is 53.9 Å². The van der Waals surface area contributed by atoms with E-state index in [0.717, 1.165) is 30.3 Å². The number of hydrogen-bond donors (Lipinski definition) is 1. The van der Waals surface area contributed by atoms with Gasteiger partial charge in [0, 0.05) is 19.3 Å². The molecular weight excluding hydrogens is 226 g/mol. The number of aromatic nitrogens is 3. The lowest BCUT2D eigenvalue weighted by Crippen LogP contribution is -2.21. The molecule has 0 aliphatic heterocycles. The van der Waals surface area contributed by atoms with Gasteiger partial charge in [-0.05, 0) is 38.4 Å². The van der Waals surface area contributed by atoms with E-state index in [4.69, 9.17) is 0 Å². The summed E-state index contributed by atoms with van der Waals surface area (Å²) in [5.41, 5.74) is 1.62. The van der Waals surface area contributed by atoms with Gasteiger partial charge in [-0.2, -0.15) is 0 Å². The summed E-state index contributed by atoms with van der Waals surface area (Å²) in [4.78, 5) is 6.35. The smallest absolute Gasteiger partial charge is 0.148 e. The lowest BCUT2D eigenvalue weighted by Gasteiger charge is -2.10. The minimum absolute atomic E-state index is 0.786. The molecule has 0 radical (unpaired) electrons. The Hall–Kier alpha value is -2.01. The first kappa shape index (κ1) is 12.4. The Morgan fingerprint density at radius 2 is 1.94 bits per heavy atom. The monoisotopic (exact) mass is 243 g/mol. The summed E-state index contributed by atoms with van der Waals surface area (Å²) in [6.07, 6.45) is 1.75. The Balaban J connectivity index is 1.98. The number of pyridine rings is 1. The number of anilines is 1. The summed E-state index contributed by atoms with van der Waals surface area (Å²) >= 11 is 0. The molecule has 0 aliphatic carbocycles. The van der Waals surface area contributed by atoms with Gasteiger partial charge in [0.2, 0.25) is 0 Å². The van der Waals surface area contributed by atoms with E-state index in [1.165, 1.54) is 0 Å². The van der Waals surface area contributed by atoms with Crippen molar-refractivity contribution in [2.24, 2.45) is 0 Å². The normalized spacial score (nSPS) is 10.6. The molecule has 0 fully saturated rings. The molecule has 2 aromatic heterocycles. The van der Waals surface area contributed by atoms with E-state index >= 15 is 0 Å². The van der Waals surface area contributed by atoms with Crippen molar-refractivity contribution in [1.82, 2.24) is 20.1 Å². The lowest BCUT2D eigenvalue weighted by molar-refractivity contribution is 0.425. The summed E-state index contributed by atoms with van der Waals surface area (Å²) in [6, 6.07) is 9.59. The largest absolute Gasteiger partial charge is 0.367 e. The predicted molar refractivity (Wildman–Crippen MR) is 72.3 cm³/mol. The van der Waals surface area contributed by atoms with Crippen LogP contribution in [0.5, 0.6) is 0 Å².